The number of nitrogens with one attached hydrogen (secondary N) is 1. The van der Waals surface area contributed by atoms with E-state index >= 15 is 0 Å². The molecule has 1 amide bonds. The fourth-order valence-electron chi connectivity index (χ4n) is 2.43. The topological polar surface area (TPSA) is 36.1 Å². The lowest BCUT2D eigenvalue weighted by atomic mass is 10.1. The van der Waals surface area contributed by atoms with Crippen LogP contribution < -0.4 is 0 Å². The van der Waals surface area contributed by atoms with E-state index in [1.807, 2.05) is 36.9 Å². The fourth-order valence-corrected chi connectivity index (χ4v) is 2.43. The summed E-state index contributed by atoms with van der Waals surface area (Å²) in [7, 11) is 0. The minimum absolute atomic E-state index is 0.0556. The smallest absolute Gasteiger partial charge is 0.254 e. The number of hydrogen-bond donors (Lipinski definition) is 1. The van der Waals surface area contributed by atoms with E-state index in [-0.39, 0.29) is 11.9 Å². The number of H-pyrrole nitrogens is 1. The van der Waals surface area contributed by atoms with Crippen molar-refractivity contribution in [1.29, 1.82) is 0 Å². The summed E-state index contributed by atoms with van der Waals surface area (Å²) in [5, 5.41) is 1.12. The second-order valence-corrected chi connectivity index (χ2v) is 5.48. The first-order valence-corrected chi connectivity index (χ1v) is 6.96. The number of carbonyl (C=O) groups is 1. The van der Waals surface area contributed by atoms with Gasteiger partial charge >= 0.3 is 0 Å². The van der Waals surface area contributed by atoms with Gasteiger partial charge in [0.05, 0.1) is 0 Å². The molecule has 1 aromatic carbocycles. The summed E-state index contributed by atoms with van der Waals surface area (Å²) in [5.74, 6) is 0.0556. The summed E-state index contributed by atoms with van der Waals surface area (Å²) in [6.07, 6.45) is 1.77. The average Bonchev–Trinajstić information content (AvgIpc) is 2.70. The molecule has 0 spiro atoms. The maximum absolute atomic E-state index is 12.6. The lowest BCUT2D eigenvalue weighted by Crippen LogP contribution is -2.37. The van der Waals surface area contributed by atoms with Gasteiger partial charge < -0.3 is 9.88 Å². The van der Waals surface area contributed by atoms with Gasteiger partial charge in [0, 0.05) is 34.7 Å². The number of aryl methyl sites for hydroxylation is 2. The van der Waals surface area contributed by atoms with Gasteiger partial charge in [-0.1, -0.05) is 6.08 Å². The van der Waals surface area contributed by atoms with Gasteiger partial charge in [0.15, 0.2) is 0 Å². The van der Waals surface area contributed by atoms with E-state index in [0.717, 1.165) is 22.2 Å². The Morgan fingerprint density at radius 1 is 1.40 bits per heavy atom. The molecule has 0 saturated heterocycles. The van der Waals surface area contributed by atoms with Crippen molar-refractivity contribution in [2.24, 2.45) is 0 Å². The second-order valence-electron chi connectivity index (χ2n) is 5.48. The van der Waals surface area contributed by atoms with Gasteiger partial charge in [0.25, 0.3) is 5.91 Å². The third-order valence-electron chi connectivity index (χ3n) is 3.77. The second kappa shape index (κ2) is 5.53. The molecule has 1 heterocycles. The van der Waals surface area contributed by atoms with E-state index in [9.17, 15) is 4.79 Å². The summed E-state index contributed by atoms with van der Waals surface area (Å²) < 4.78 is 0. The molecule has 0 fully saturated rings. The molecule has 0 bridgehead atoms. The van der Waals surface area contributed by atoms with Crippen molar-refractivity contribution < 1.29 is 4.79 Å². The van der Waals surface area contributed by atoms with Crippen LogP contribution in [0.3, 0.4) is 0 Å². The summed E-state index contributed by atoms with van der Waals surface area (Å²) >= 11 is 0. The van der Waals surface area contributed by atoms with Gasteiger partial charge in [-0.2, -0.15) is 0 Å². The molecule has 0 saturated carbocycles. The van der Waals surface area contributed by atoms with E-state index in [4.69, 9.17) is 0 Å². The predicted molar refractivity (Wildman–Crippen MR) is 84.1 cm³/mol. The molecule has 0 unspecified atom stereocenters. The Bertz CT molecular complexity index is 652. The molecule has 3 heteroatoms. The highest BCUT2D eigenvalue weighted by Crippen LogP contribution is 2.23. The van der Waals surface area contributed by atoms with E-state index in [0.29, 0.717) is 6.54 Å². The van der Waals surface area contributed by atoms with E-state index < -0.39 is 0 Å². The average molecular weight is 270 g/mol. The molecule has 0 aliphatic rings. The zero-order chi connectivity index (χ0) is 14.9. The molecule has 20 heavy (non-hydrogen) atoms. The van der Waals surface area contributed by atoms with Crippen molar-refractivity contribution in [2.45, 2.75) is 33.7 Å². The highest BCUT2D eigenvalue weighted by molar-refractivity contribution is 5.99. The number of benzene rings is 1. The predicted octanol–water partition coefficient (Wildman–Crippen LogP) is 3.82. The normalized spacial score (nSPS) is 11.1. The van der Waals surface area contributed by atoms with Crippen molar-refractivity contribution >= 4 is 16.8 Å². The summed E-state index contributed by atoms with van der Waals surface area (Å²) in [5.41, 5.74) is 4.16. The van der Waals surface area contributed by atoms with Crippen LogP contribution >= 0.6 is 0 Å². The summed E-state index contributed by atoms with van der Waals surface area (Å²) in [4.78, 5) is 17.8. The van der Waals surface area contributed by atoms with Gasteiger partial charge in [0.2, 0.25) is 0 Å². The number of aromatic nitrogens is 1. The zero-order valence-corrected chi connectivity index (χ0v) is 12.7. The molecule has 1 aromatic heterocycles. The largest absolute Gasteiger partial charge is 0.358 e. The molecular weight excluding hydrogens is 248 g/mol. The van der Waals surface area contributed by atoms with E-state index in [1.54, 1.807) is 6.08 Å². The van der Waals surface area contributed by atoms with Gasteiger partial charge in [-0.15, -0.1) is 6.58 Å². The number of hydrogen-bond acceptors (Lipinski definition) is 1. The molecule has 2 aromatic rings. The Hall–Kier alpha value is -2.03. The van der Waals surface area contributed by atoms with Crippen LogP contribution in [0.4, 0.5) is 0 Å². The Kier molecular flexibility index (Phi) is 3.98. The lowest BCUT2D eigenvalue weighted by molar-refractivity contribution is 0.0729. The van der Waals surface area contributed by atoms with Crippen molar-refractivity contribution in [3.63, 3.8) is 0 Å². The standard InChI is InChI=1S/C17H22N2O/c1-6-9-19(11(2)3)17(20)14-7-8-16-15(10-14)12(4)13(5)18-16/h6-8,10-11,18H,1,9H2,2-5H3. The summed E-state index contributed by atoms with van der Waals surface area (Å²) in [6.45, 7) is 12.5. The third-order valence-corrected chi connectivity index (χ3v) is 3.77. The van der Waals surface area contributed by atoms with Crippen LogP contribution in [0.2, 0.25) is 0 Å². The molecule has 2 rings (SSSR count). The number of carbonyl (C=O) groups excluding carboxylic acids is 1. The van der Waals surface area contributed by atoms with Gasteiger partial charge in [0.1, 0.15) is 0 Å². The Morgan fingerprint density at radius 2 is 2.10 bits per heavy atom. The van der Waals surface area contributed by atoms with Crippen molar-refractivity contribution in [3.8, 4) is 0 Å². The number of amides is 1. The molecular formula is C17H22N2O. The monoisotopic (exact) mass is 270 g/mol. The highest BCUT2D eigenvalue weighted by atomic mass is 16.2. The first-order chi connectivity index (χ1) is 9.45. The van der Waals surface area contributed by atoms with Crippen LogP contribution in [0.1, 0.15) is 35.5 Å². The van der Waals surface area contributed by atoms with Gasteiger partial charge in [-0.05, 0) is 51.5 Å². The van der Waals surface area contributed by atoms with Crippen LogP contribution in [-0.4, -0.2) is 28.4 Å². The minimum Gasteiger partial charge on any atom is -0.358 e. The zero-order valence-electron chi connectivity index (χ0n) is 12.7. The third kappa shape index (κ3) is 2.48. The number of rotatable bonds is 4. The Morgan fingerprint density at radius 3 is 2.70 bits per heavy atom. The van der Waals surface area contributed by atoms with Crippen LogP contribution in [0.15, 0.2) is 30.9 Å². The summed E-state index contributed by atoms with van der Waals surface area (Å²) in [6, 6.07) is 6.01. The molecule has 106 valence electrons. The van der Waals surface area contributed by atoms with Crippen LogP contribution in [0, 0.1) is 13.8 Å². The fraction of sp³-hybridized carbons (Fsp3) is 0.353. The molecule has 1 N–H and O–H groups in total. The molecule has 0 radical (unpaired) electrons. The van der Waals surface area contributed by atoms with Crippen molar-refractivity contribution in [2.75, 3.05) is 6.54 Å². The number of nitrogens with zero attached hydrogens (tertiary/aromatic N) is 1. The maximum atomic E-state index is 12.6. The van der Waals surface area contributed by atoms with Crippen LogP contribution in [0.25, 0.3) is 10.9 Å². The highest BCUT2D eigenvalue weighted by Gasteiger charge is 2.18. The quantitative estimate of drug-likeness (QED) is 0.842. The van der Waals surface area contributed by atoms with Crippen LogP contribution in [0.5, 0.6) is 0 Å². The van der Waals surface area contributed by atoms with Gasteiger partial charge in [-0.25, -0.2) is 0 Å². The van der Waals surface area contributed by atoms with E-state index in [2.05, 4.69) is 25.4 Å². The van der Waals surface area contributed by atoms with Gasteiger partial charge in [-0.3, -0.25) is 4.79 Å². The molecule has 0 aliphatic carbocycles. The number of aromatic amines is 1. The maximum Gasteiger partial charge on any atom is 0.254 e. The molecule has 3 nitrogen and oxygen atoms in total. The Labute approximate surface area is 120 Å². The number of fused-ring (bicyclic) bond motifs is 1. The minimum atomic E-state index is 0.0556. The SMILES string of the molecule is C=CCN(C(=O)c1ccc2[nH]c(C)c(C)c2c1)C(C)C. The van der Waals surface area contributed by atoms with Crippen molar-refractivity contribution in [1.82, 2.24) is 9.88 Å². The molecule has 0 atom stereocenters. The van der Waals surface area contributed by atoms with E-state index in [1.165, 1.54) is 5.56 Å². The molecule has 0 aliphatic heterocycles. The first-order valence-electron chi connectivity index (χ1n) is 6.96. The van der Waals surface area contributed by atoms with Crippen LogP contribution in [-0.2, 0) is 0 Å². The first kappa shape index (κ1) is 14.4. The lowest BCUT2D eigenvalue weighted by Gasteiger charge is -2.25. The van der Waals surface area contributed by atoms with Crippen molar-refractivity contribution in [3.05, 3.63) is 47.7 Å². The Balaban J connectivity index is 2.43.